The second-order valence-corrected chi connectivity index (χ2v) is 6.01. The van der Waals surface area contributed by atoms with Crippen molar-refractivity contribution in [2.75, 3.05) is 30.4 Å². The molecule has 1 aromatic rings. The van der Waals surface area contributed by atoms with E-state index < -0.39 is 0 Å². The molecule has 1 aromatic carbocycles. The molecule has 0 atom stereocenters. The molecule has 17 heavy (non-hydrogen) atoms. The molecule has 1 heterocycles. The lowest BCUT2D eigenvalue weighted by Gasteiger charge is -2.31. The van der Waals surface area contributed by atoms with Gasteiger partial charge in [-0.05, 0) is 31.0 Å². The van der Waals surface area contributed by atoms with Crippen LogP contribution in [0, 0.1) is 5.41 Å². The summed E-state index contributed by atoms with van der Waals surface area (Å²) in [6, 6.07) is 6.14. The van der Waals surface area contributed by atoms with Gasteiger partial charge in [-0.3, -0.25) is 0 Å². The van der Waals surface area contributed by atoms with Gasteiger partial charge in [-0.25, -0.2) is 0 Å². The van der Waals surface area contributed by atoms with E-state index in [4.69, 9.17) is 11.6 Å². The average molecular weight is 251 g/mol. The molecule has 0 amide bonds. The van der Waals surface area contributed by atoms with Gasteiger partial charge in [0.05, 0.1) is 11.4 Å². The predicted molar refractivity (Wildman–Crippen MR) is 74.1 cm³/mol. The summed E-state index contributed by atoms with van der Waals surface area (Å²) in [4.78, 5) is 2.39. The van der Waals surface area contributed by atoms with E-state index in [2.05, 4.69) is 23.3 Å². The highest BCUT2D eigenvalue weighted by Crippen LogP contribution is 2.43. The number of halogens is 1. The molecule has 2 aliphatic rings. The van der Waals surface area contributed by atoms with Gasteiger partial charge in [0, 0.05) is 30.6 Å². The van der Waals surface area contributed by atoms with Gasteiger partial charge >= 0.3 is 0 Å². The van der Waals surface area contributed by atoms with Gasteiger partial charge in [-0.2, -0.15) is 0 Å². The van der Waals surface area contributed by atoms with E-state index >= 15 is 0 Å². The normalized spacial score (nSPS) is 22.1. The third kappa shape index (κ3) is 1.99. The molecule has 2 nitrogen and oxygen atoms in total. The molecule has 1 spiro atoms. The molecule has 3 rings (SSSR count). The van der Waals surface area contributed by atoms with Gasteiger partial charge < -0.3 is 10.2 Å². The number of nitrogens with one attached hydrogen (secondary N) is 1. The fourth-order valence-corrected chi connectivity index (χ4v) is 3.54. The number of fused-ring (bicyclic) bond motifs is 1. The van der Waals surface area contributed by atoms with Crippen LogP contribution in [0.1, 0.15) is 25.7 Å². The molecule has 0 unspecified atom stereocenters. The van der Waals surface area contributed by atoms with Crippen molar-refractivity contribution >= 4 is 23.0 Å². The summed E-state index contributed by atoms with van der Waals surface area (Å²) in [5.74, 6) is 0. The Labute approximate surface area is 108 Å². The zero-order valence-electron chi connectivity index (χ0n) is 10.3. The summed E-state index contributed by atoms with van der Waals surface area (Å²) in [6.07, 6.45) is 5.47. The molecule has 1 N–H and O–H groups in total. The van der Waals surface area contributed by atoms with E-state index in [1.165, 1.54) is 37.1 Å². The number of benzene rings is 1. The molecule has 1 aliphatic heterocycles. The van der Waals surface area contributed by atoms with Crippen LogP contribution in [0.15, 0.2) is 18.2 Å². The van der Waals surface area contributed by atoms with Gasteiger partial charge in [-0.1, -0.05) is 24.4 Å². The first-order valence-corrected chi connectivity index (χ1v) is 6.81. The number of hydrogen-bond acceptors (Lipinski definition) is 2. The summed E-state index contributed by atoms with van der Waals surface area (Å²) in [5.41, 5.74) is 2.93. The smallest absolute Gasteiger partial charge is 0.0600 e. The first-order valence-electron chi connectivity index (χ1n) is 6.43. The monoisotopic (exact) mass is 250 g/mol. The maximum absolute atomic E-state index is 6.07. The number of anilines is 2. The Kier molecular flexibility index (Phi) is 2.70. The average Bonchev–Trinajstić information content (AvgIpc) is 2.70. The van der Waals surface area contributed by atoms with Crippen LogP contribution in [0.3, 0.4) is 0 Å². The topological polar surface area (TPSA) is 15.3 Å². The van der Waals surface area contributed by atoms with Crippen molar-refractivity contribution in [3.63, 3.8) is 0 Å². The minimum absolute atomic E-state index is 0.472. The lowest BCUT2D eigenvalue weighted by Crippen LogP contribution is -2.36. The van der Waals surface area contributed by atoms with Crippen molar-refractivity contribution in [2.45, 2.75) is 25.7 Å². The number of rotatable bonds is 0. The van der Waals surface area contributed by atoms with Crippen LogP contribution in [-0.4, -0.2) is 20.1 Å². The van der Waals surface area contributed by atoms with E-state index in [0.717, 1.165) is 18.1 Å². The maximum Gasteiger partial charge on any atom is 0.0600 e. The maximum atomic E-state index is 6.07. The van der Waals surface area contributed by atoms with Gasteiger partial charge in [0.25, 0.3) is 0 Å². The molecule has 0 radical (unpaired) electrons. The summed E-state index contributed by atoms with van der Waals surface area (Å²) < 4.78 is 0. The van der Waals surface area contributed by atoms with E-state index in [1.54, 1.807) is 0 Å². The highest BCUT2D eigenvalue weighted by molar-refractivity contribution is 6.31. The summed E-state index contributed by atoms with van der Waals surface area (Å²) >= 11 is 6.07. The second-order valence-electron chi connectivity index (χ2n) is 5.58. The first kappa shape index (κ1) is 11.2. The van der Waals surface area contributed by atoms with Gasteiger partial charge in [0.2, 0.25) is 0 Å². The lowest BCUT2D eigenvalue weighted by atomic mass is 9.86. The predicted octanol–water partition coefficient (Wildman–Crippen LogP) is 3.76. The number of nitrogens with zero attached hydrogens (tertiary/aromatic N) is 1. The van der Waals surface area contributed by atoms with Crippen molar-refractivity contribution in [1.29, 1.82) is 0 Å². The molecule has 0 aromatic heterocycles. The molecular formula is C14H19ClN2. The van der Waals surface area contributed by atoms with Crippen LogP contribution in [0.2, 0.25) is 5.02 Å². The van der Waals surface area contributed by atoms with Crippen LogP contribution in [0.5, 0.6) is 0 Å². The molecule has 3 heteroatoms. The molecular weight excluding hydrogens is 232 g/mol. The van der Waals surface area contributed by atoms with Crippen LogP contribution in [0.25, 0.3) is 0 Å². The van der Waals surface area contributed by atoms with Crippen molar-refractivity contribution in [2.24, 2.45) is 5.41 Å². The zero-order valence-corrected chi connectivity index (χ0v) is 11.1. The number of hydrogen-bond donors (Lipinski definition) is 1. The molecule has 0 bridgehead atoms. The summed E-state index contributed by atoms with van der Waals surface area (Å²) in [5, 5.41) is 4.42. The zero-order chi connectivity index (χ0) is 11.9. The Morgan fingerprint density at radius 3 is 2.82 bits per heavy atom. The lowest BCUT2D eigenvalue weighted by molar-refractivity contribution is 0.330. The van der Waals surface area contributed by atoms with Gasteiger partial charge in [0.1, 0.15) is 0 Å². The van der Waals surface area contributed by atoms with Crippen molar-refractivity contribution in [3.8, 4) is 0 Å². The molecule has 92 valence electrons. The molecule has 1 saturated carbocycles. The SMILES string of the molecule is CN1CC2(CCCC2)CNc2cc(Cl)ccc21. The highest BCUT2D eigenvalue weighted by Gasteiger charge is 2.37. The Hall–Kier alpha value is -0.890. The molecule has 1 aliphatic carbocycles. The largest absolute Gasteiger partial charge is 0.383 e. The minimum Gasteiger partial charge on any atom is -0.383 e. The van der Waals surface area contributed by atoms with Crippen LogP contribution < -0.4 is 10.2 Å². The van der Waals surface area contributed by atoms with Crippen LogP contribution >= 0.6 is 11.6 Å². The quantitative estimate of drug-likeness (QED) is 0.754. The van der Waals surface area contributed by atoms with Crippen LogP contribution in [0.4, 0.5) is 11.4 Å². The van der Waals surface area contributed by atoms with E-state index in [-0.39, 0.29) is 0 Å². The Morgan fingerprint density at radius 1 is 1.29 bits per heavy atom. The minimum atomic E-state index is 0.472. The van der Waals surface area contributed by atoms with Crippen molar-refractivity contribution in [3.05, 3.63) is 23.2 Å². The second kappa shape index (κ2) is 4.09. The van der Waals surface area contributed by atoms with Gasteiger partial charge in [-0.15, -0.1) is 0 Å². The third-order valence-electron chi connectivity index (χ3n) is 4.26. The Morgan fingerprint density at radius 2 is 2.06 bits per heavy atom. The Balaban J connectivity index is 1.94. The third-order valence-corrected chi connectivity index (χ3v) is 4.50. The summed E-state index contributed by atoms with van der Waals surface area (Å²) in [7, 11) is 2.19. The molecule has 0 saturated heterocycles. The van der Waals surface area contributed by atoms with Crippen molar-refractivity contribution < 1.29 is 0 Å². The fraction of sp³-hybridized carbons (Fsp3) is 0.571. The van der Waals surface area contributed by atoms with Crippen LogP contribution in [-0.2, 0) is 0 Å². The standard InChI is InChI=1S/C14H19ClN2/c1-17-10-14(6-2-3-7-14)9-16-12-8-11(15)4-5-13(12)17/h4-5,8,16H,2-3,6-7,9-10H2,1H3. The Bertz CT molecular complexity index is 424. The van der Waals surface area contributed by atoms with E-state index in [0.29, 0.717) is 5.41 Å². The van der Waals surface area contributed by atoms with E-state index in [1.807, 2.05) is 12.1 Å². The van der Waals surface area contributed by atoms with Crippen molar-refractivity contribution in [1.82, 2.24) is 0 Å². The molecule has 1 fully saturated rings. The summed E-state index contributed by atoms with van der Waals surface area (Å²) in [6.45, 7) is 2.25. The highest BCUT2D eigenvalue weighted by atomic mass is 35.5. The first-order chi connectivity index (χ1) is 8.19. The fourth-order valence-electron chi connectivity index (χ4n) is 3.37. The van der Waals surface area contributed by atoms with E-state index in [9.17, 15) is 0 Å². The van der Waals surface area contributed by atoms with Gasteiger partial charge in [0.15, 0.2) is 0 Å².